The molecule has 3 nitrogen and oxygen atoms in total. The predicted molar refractivity (Wildman–Crippen MR) is 98.6 cm³/mol. The number of nitrogens with two attached hydrogens (primary N) is 1. The van der Waals surface area contributed by atoms with Crippen LogP contribution in [0.25, 0.3) is 0 Å². The lowest BCUT2D eigenvalue weighted by molar-refractivity contribution is -0.142. The fraction of sp³-hybridized carbons (Fsp3) is 0.421. The molecule has 23 heavy (non-hydrogen) atoms. The van der Waals surface area contributed by atoms with E-state index in [4.69, 9.17) is 10.5 Å². The van der Waals surface area contributed by atoms with Crippen LogP contribution in [0, 0.1) is 0 Å². The molecule has 0 aromatic heterocycles. The molecule has 1 unspecified atom stereocenters. The van der Waals surface area contributed by atoms with E-state index in [9.17, 15) is 4.79 Å². The second kappa shape index (κ2) is 11.9. The van der Waals surface area contributed by atoms with E-state index in [2.05, 4.69) is 26.8 Å². The van der Waals surface area contributed by atoms with Gasteiger partial charge in [-0.3, -0.25) is 4.79 Å². The Hall–Kier alpha value is -1.58. The van der Waals surface area contributed by atoms with Crippen molar-refractivity contribution in [3.05, 3.63) is 59.2 Å². The standard InChI is InChI=1S/C19H27NO2.ClH/c1-15(2)8-7-9-16(3)12-13-22-19(21)14-18(20)17-10-5-4-6-11-17;/h4-6,8,10-12,18H,7,9,13-14,20H2,1-3H3;1H/b16-12+;. The Balaban J connectivity index is 0.00000484. The van der Waals surface area contributed by atoms with E-state index in [0.717, 1.165) is 18.4 Å². The van der Waals surface area contributed by atoms with Gasteiger partial charge in [0, 0.05) is 6.04 Å². The molecule has 128 valence electrons. The van der Waals surface area contributed by atoms with Gasteiger partial charge in [-0.05, 0) is 45.3 Å². The first-order valence-electron chi connectivity index (χ1n) is 7.74. The van der Waals surface area contributed by atoms with E-state index in [1.165, 1.54) is 11.1 Å². The summed E-state index contributed by atoms with van der Waals surface area (Å²) in [5, 5.41) is 0. The van der Waals surface area contributed by atoms with Crippen LogP contribution in [0.2, 0.25) is 0 Å². The largest absolute Gasteiger partial charge is 0.461 e. The summed E-state index contributed by atoms with van der Waals surface area (Å²) in [6.07, 6.45) is 6.39. The molecule has 1 rings (SSSR count). The molecule has 0 aliphatic heterocycles. The summed E-state index contributed by atoms with van der Waals surface area (Å²) in [5.74, 6) is -0.260. The fourth-order valence-corrected chi connectivity index (χ4v) is 2.02. The average molecular weight is 338 g/mol. The van der Waals surface area contributed by atoms with Crippen molar-refractivity contribution in [2.75, 3.05) is 6.61 Å². The van der Waals surface area contributed by atoms with Gasteiger partial charge in [0.25, 0.3) is 0 Å². The summed E-state index contributed by atoms with van der Waals surface area (Å²) in [7, 11) is 0. The molecule has 0 saturated carbocycles. The van der Waals surface area contributed by atoms with Crippen LogP contribution in [0.15, 0.2) is 53.6 Å². The fourth-order valence-electron chi connectivity index (χ4n) is 2.02. The summed E-state index contributed by atoms with van der Waals surface area (Å²) in [5.41, 5.74) is 9.51. The van der Waals surface area contributed by atoms with Crippen molar-refractivity contribution in [1.82, 2.24) is 0 Å². The topological polar surface area (TPSA) is 52.3 Å². The molecule has 0 spiro atoms. The van der Waals surface area contributed by atoms with E-state index < -0.39 is 0 Å². The third kappa shape index (κ3) is 9.93. The number of rotatable bonds is 8. The van der Waals surface area contributed by atoms with Crippen molar-refractivity contribution in [3.63, 3.8) is 0 Å². The number of hydrogen-bond donors (Lipinski definition) is 1. The van der Waals surface area contributed by atoms with Crippen LogP contribution in [-0.4, -0.2) is 12.6 Å². The zero-order valence-corrected chi connectivity index (χ0v) is 15.1. The maximum Gasteiger partial charge on any atom is 0.308 e. The molecular formula is C19H28ClNO2. The Morgan fingerprint density at radius 1 is 1.17 bits per heavy atom. The highest BCUT2D eigenvalue weighted by Crippen LogP contribution is 2.14. The van der Waals surface area contributed by atoms with Gasteiger partial charge in [0.05, 0.1) is 6.42 Å². The molecule has 0 saturated heterocycles. The molecule has 1 atom stereocenters. The molecule has 0 fully saturated rings. The Bertz CT molecular complexity index is 519. The monoisotopic (exact) mass is 337 g/mol. The molecule has 0 heterocycles. The van der Waals surface area contributed by atoms with Crippen molar-refractivity contribution in [1.29, 1.82) is 0 Å². The third-order valence-electron chi connectivity index (χ3n) is 3.38. The summed E-state index contributed by atoms with van der Waals surface area (Å²) in [6, 6.07) is 9.29. The smallest absolute Gasteiger partial charge is 0.308 e. The molecular weight excluding hydrogens is 310 g/mol. The maximum absolute atomic E-state index is 11.8. The first-order chi connectivity index (χ1) is 10.5. The van der Waals surface area contributed by atoms with E-state index in [0.29, 0.717) is 6.61 Å². The van der Waals surface area contributed by atoms with Crippen molar-refractivity contribution in [2.45, 2.75) is 46.1 Å². The Morgan fingerprint density at radius 2 is 1.83 bits per heavy atom. The minimum absolute atomic E-state index is 0. The molecule has 4 heteroatoms. The SMILES string of the molecule is CC(C)=CCC/C(C)=C/COC(=O)CC(N)c1ccccc1.Cl. The lowest BCUT2D eigenvalue weighted by Crippen LogP contribution is -2.17. The van der Waals surface area contributed by atoms with Gasteiger partial charge >= 0.3 is 5.97 Å². The van der Waals surface area contributed by atoms with E-state index >= 15 is 0 Å². The highest BCUT2D eigenvalue weighted by Gasteiger charge is 2.11. The second-order valence-corrected chi connectivity index (χ2v) is 5.77. The van der Waals surface area contributed by atoms with Gasteiger partial charge in [-0.2, -0.15) is 0 Å². The number of esters is 1. The van der Waals surface area contributed by atoms with Gasteiger partial charge in [0.15, 0.2) is 0 Å². The first-order valence-corrected chi connectivity index (χ1v) is 7.74. The van der Waals surface area contributed by atoms with Gasteiger partial charge in [-0.15, -0.1) is 12.4 Å². The zero-order chi connectivity index (χ0) is 16.4. The molecule has 0 amide bonds. The van der Waals surface area contributed by atoms with E-state index in [1.54, 1.807) is 0 Å². The molecule has 0 aliphatic carbocycles. The Labute approximate surface area is 146 Å². The lowest BCUT2D eigenvalue weighted by atomic mass is 10.1. The molecule has 1 aromatic rings. The summed E-state index contributed by atoms with van der Waals surface area (Å²) in [6.45, 7) is 6.57. The average Bonchev–Trinajstić information content (AvgIpc) is 2.47. The summed E-state index contributed by atoms with van der Waals surface area (Å²) < 4.78 is 5.22. The summed E-state index contributed by atoms with van der Waals surface area (Å²) in [4.78, 5) is 11.8. The number of benzene rings is 1. The van der Waals surface area contributed by atoms with Crippen molar-refractivity contribution in [2.24, 2.45) is 5.73 Å². The highest BCUT2D eigenvalue weighted by molar-refractivity contribution is 5.85. The quantitative estimate of drug-likeness (QED) is 0.551. The van der Waals surface area contributed by atoms with Crippen LogP contribution in [0.3, 0.4) is 0 Å². The van der Waals surface area contributed by atoms with Crippen molar-refractivity contribution < 1.29 is 9.53 Å². The van der Waals surface area contributed by atoms with Crippen LogP contribution >= 0.6 is 12.4 Å². The van der Waals surface area contributed by atoms with E-state index in [1.807, 2.05) is 36.4 Å². The Morgan fingerprint density at radius 3 is 2.43 bits per heavy atom. The van der Waals surface area contributed by atoms with Gasteiger partial charge in [0.2, 0.25) is 0 Å². The van der Waals surface area contributed by atoms with E-state index in [-0.39, 0.29) is 30.8 Å². The minimum Gasteiger partial charge on any atom is -0.461 e. The predicted octanol–water partition coefficient (Wildman–Crippen LogP) is 4.73. The van der Waals surface area contributed by atoms with Crippen LogP contribution in [0.4, 0.5) is 0 Å². The van der Waals surface area contributed by atoms with Crippen molar-refractivity contribution >= 4 is 18.4 Å². The number of carbonyl (C=O) groups excluding carboxylic acids is 1. The number of hydrogen-bond acceptors (Lipinski definition) is 3. The minimum atomic E-state index is -0.309. The van der Waals surface area contributed by atoms with Crippen LogP contribution < -0.4 is 5.73 Å². The van der Waals surface area contributed by atoms with Crippen LogP contribution in [0.1, 0.15) is 51.6 Å². The number of ether oxygens (including phenoxy) is 1. The van der Waals surface area contributed by atoms with Crippen LogP contribution in [0.5, 0.6) is 0 Å². The molecule has 0 bridgehead atoms. The van der Waals surface area contributed by atoms with Gasteiger partial charge < -0.3 is 10.5 Å². The molecule has 1 aromatic carbocycles. The second-order valence-electron chi connectivity index (χ2n) is 5.77. The van der Waals surface area contributed by atoms with Gasteiger partial charge in [0.1, 0.15) is 6.61 Å². The number of halogens is 1. The normalized spacial score (nSPS) is 12.1. The third-order valence-corrected chi connectivity index (χ3v) is 3.38. The zero-order valence-electron chi connectivity index (χ0n) is 14.2. The first kappa shape index (κ1) is 21.4. The van der Waals surface area contributed by atoms with Crippen LogP contribution in [-0.2, 0) is 9.53 Å². The van der Waals surface area contributed by atoms with Gasteiger partial charge in [-0.1, -0.05) is 47.6 Å². The molecule has 0 radical (unpaired) electrons. The summed E-state index contributed by atoms with van der Waals surface area (Å²) >= 11 is 0. The number of carbonyl (C=O) groups is 1. The number of allylic oxidation sites excluding steroid dienone is 3. The lowest BCUT2D eigenvalue weighted by Gasteiger charge is -2.11. The van der Waals surface area contributed by atoms with Crippen molar-refractivity contribution in [3.8, 4) is 0 Å². The Kier molecular flexibility index (Phi) is 11.1. The maximum atomic E-state index is 11.8. The molecule has 2 N–H and O–H groups in total. The highest BCUT2D eigenvalue weighted by atomic mass is 35.5. The molecule has 0 aliphatic rings. The van der Waals surface area contributed by atoms with Gasteiger partial charge in [-0.25, -0.2) is 0 Å².